The first-order chi connectivity index (χ1) is 13.1. The molecule has 0 unspecified atom stereocenters. The number of carbonyl (C=O) groups excluding carboxylic acids is 1. The Hall–Kier alpha value is -2.95. The van der Waals surface area contributed by atoms with Gasteiger partial charge in [0.2, 0.25) is 5.91 Å². The number of nitriles is 1. The molecule has 4 aromatic rings. The molecule has 0 aliphatic rings. The van der Waals surface area contributed by atoms with Gasteiger partial charge >= 0.3 is 0 Å². The molecule has 2 aromatic heterocycles. The van der Waals surface area contributed by atoms with E-state index in [1.54, 1.807) is 0 Å². The van der Waals surface area contributed by atoms with Crippen molar-refractivity contribution >= 4 is 55.3 Å². The van der Waals surface area contributed by atoms with Crippen LogP contribution in [0.25, 0.3) is 21.1 Å². The summed E-state index contributed by atoms with van der Waals surface area (Å²) in [7, 11) is 0. The van der Waals surface area contributed by atoms with E-state index in [-0.39, 0.29) is 11.7 Å². The molecule has 0 saturated carbocycles. The van der Waals surface area contributed by atoms with Crippen molar-refractivity contribution in [2.24, 2.45) is 0 Å². The minimum Gasteiger partial charge on any atom is -0.301 e. The van der Waals surface area contributed by atoms with Crippen molar-refractivity contribution < 1.29 is 4.79 Å². The third kappa shape index (κ3) is 3.77. The lowest BCUT2D eigenvalue weighted by molar-refractivity contribution is -0.113. The summed E-state index contributed by atoms with van der Waals surface area (Å²) in [4.78, 5) is 21.3. The monoisotopic (exact) mass is 390 g/mol. The van der Waals surface area contributed by atoms with E-state index in [9.17, 15) is 10.1 Å². The molecule has 2 aromatic carbocycles. The van der Waals surface area contributed by atoms with Crippen molar-refractivity contribution in [3.05, 3.63) is 59.7 Å². The van der Waals surface area contributed by atoms with Crippen molar-refractivity contribution in [3.63, 3.8) is 0 Å². The average Bonchev–Trinajstić information content (AvgIpc) is 3.07. The lowest BCUT2D eigenvalue weighted by Crippen LogP contribution is -2.14. The standard InChI is InChI=1S/C20H14N4OS2/c1-12-6-7-13-9-14(10-21)19(22-16(13)8-12)26-11-18(25)24-20-23-15-4-2-3-5-17(15)27-20/h2-9H,11H2,1H3,(H,23,24,25). The van der Waals surface area contributed by atoms with Crippen molar-refractivity contribution in [1.82, 2.24) is 9.97 Å². The van der Waals surface area contributed by atoms with Crippen LogP contribution in [0, 0.1) is 18.3 Å². The summed E-state index contributed by atoms with van der Waals surface area (Å²) in [6, 6.07) is 17.6. The molecule has 0 saturated heterocycles. The number of aromatic nitrogens is 2. The van der Waals surface area contributed by atoms with Crippen LogP contribution in [-0.2, 0) is 4.79 Å². The number of aryl methyl sites for hydroxylation is 1. The zero-order valence-electron chi connectivity index (χ0n) is 14.4. The van der Waals surface area contributed by atoms with Gasteiger partial charge in [-0.1, -0.05) is 47.4 Å². The van der Waals surface area contributed by atoms with Gasteiger partial charge in [-0.3, -0.25) is 4.79 Å². The average molecular weight is 390 g/mol. The van der Waals surface area contributed by atoms with Crippen LogP contribution in [-0.4, -0.2) is 21.6 Å². The highest BCUT2D eigenvalue weighted by atomic mass is 32.2. The van der Waals surface area contributed by atoms with E-state index in [0.717, 1.165) is 26.7 Å². The van der Waals surface area contributed by atoms with Gasteiger partial charge in [0.1, 0.15) is 11.1 Å². The molecule has 1 amide bonds. The summed E-state index contributed by atoms with van der Waals surface area (Å²) in [6.45, 7) is 2.00. The highest BCUT2D eigenvalue weighted by Crippen LogP contribution is 2.27. The van der Waals surface area contributed by atoms with E-state index < -0.39 is 0 Å². The summed E-state index contributed by atoms with van der Waals surface area (Å²) < 4.78 is 1.03. The van der Waals surface area contributed by atoms with Gasteiger partial charge in [-0.05, 0) is 36.8 Å². The number of hydrogen-bond donors (Lipinski definition) is 1. The SMILES string of the molecule is Cc1ccc2cc(C#N)c(SCC(=O)Nc3nc4ccccc4s3)nc2c1. The highest BCUT2D eigenvalue weighted by molar-refractivity contribution is 8.00. The fraction of sp³-hybridized carbons (Fsp3) is 0.100. The van der Waals surface area contributed by atoms with Crippen LogP contribution >= 0.6 is 23.1 Å². The molecule has 132 valence electrons. The second-order valence-electron chi connectivity index (χ2n) is 5.97. The Morgan fingerprint density at radius 3 is 2.85 bits per heavy atom. The van der Waals surface area contributed by atoms with Crippen molar-refractivity contribution in [1.29, 1.82) is 5.26 Å². The number of amides is 1. The van der Waals surface area contributed by atoms with Crippen LogP contribution in [0.1, 0.15) is 11.1 Å². The Labute approximate surface area is 164 Å². The van der Waals surface area contributed by atoms with Gasteiger partial charge in [0.05, 0.1) is 27.0 Å². The Kier molecular flexibility index (Phi) is 4.75. The minimum absolute atomic E-state index is 0.162. The van der Waals surface area contributed by atoms with Crippen LogP contribution < -0.4 is 5.32 Å². The van der Waals surface area contributed by atoms with Crippen LogP contribution in [0.2, 0.25) is 0 Å². The predicted octanol–water partition coefficient (Wildman–Crippen LogP) is 4.76. The molecule has 0 spiro atoms. The van der Waals surface area contributed by atoms with Crippen LogP contribution in [0.5, 0.6) is 0 Å². The van der Waals surface area contributed by atoms with E-state index in [1.165, 1.54) is 23.1 Å². The minimum atomic E-state index is -0.172. The molecule has 0 aliphatic carbocycles. The molecule has 0 aliphatic heterocycles. The van der Waals surface area contributed by atoms with Crippen molar-refractivity contribution in [2.45, 2.75) is 11.9 Å². The van der Waals surface area contributed by atoms with Gasteiger partial charge in [-0.2, -0.15) is 5.26 Å². The van der Waals surface area contributed by atoms with E-state index in [0.29, 0.717) is 15.7 Å². The number of thiazole rings is 1. The lowest BCUT2D eigenvalue weighted by atomic mass is 10.1. The van der Waals surface area contributed by atoms with E-state index in [2.05, 4.69) is 21.4 Å². The van der Waals surface area contributed by atoms with Gasteiger partial charge < -0.3 is 5.32 Å². The number of hydrogen-bond acceptors (Lipinski definition) is 6. The molecule has 27 heavy (non-hydrogen) atoms. The Morgan fingerprint density at radius 1 is 1.19 bits per heavy atom. The molecular weight excluding hydrogens is 376 g/mol. The number of rotatable bonds is 4. The van der Waals surface area contributed by atoms with Gasteiger partial charge in [0.15, 0.2) is 5.13 Å². The number of benzene rings is 2. The fourth-order valence-corrected chi connectivity index (χ4v) is 4.31. The maximum absolute atomic E-state index is 12.3. The number of nitrogens with zero attached hydrogens (tertiary/aromatic N) is 3. The van der Waals surface area contributed by atoms with Crippen molar-refractivity contribution in [2.75, 3.05) is 11.1 Å². The zero-order valence-corrected chi connectivity index (χ0v) is 16.0. The quantitative estimate of drug-likeness (QED) is 0.509. The summed E-state index contributed by atoms with van der Waals surface area (Å²) >= 11 is 2.70. The first-order valence-corrected chi connectivity index (χ1v) is 10.0. The van der Waals surface area contributed by atoms with E-state index in [1.807, 2.05) is 55.5 Å². The fourth-order valence-electron chi connectivity index (χ4n) is 2.66. The molecular formula is C20H14N4OS2. The molecule has 7 heteroatoms. The summed E-state index contributed by atoms with van der Waals surface area (Å²) in [5.74, 6) is -0.0105. The normalized spacial score (nSPS) is 10.8. The molecule has 5 nitrogen and oxygen atoms in total. The number of pyridine rings is 1. The molecule has 1 N–H and O–H groups in total. The Balaban J connectivity index is 1.50. The molecule has 0 fully saturated rings. The smallest absolute Gasteiger partial charge is 0.236 e. The van der Waals surface area contributed by atoms with Gasteiger partial charge in [-0.25, -0.2) is 9.97 Å². The Morgan fingerprint density at radius 2 is 2.04 bits per heavy atom. The summed E-state index contributed by atoms with van der Waals surface area (Å²) in [5, 5.41) is 14.3. The first kappa shape index (κ1) is 17.5. The summed E-state index contributed by atoms with van der Waals surface area (Å²) in [5.41, 5.74) is 3.26. The Bertz CT molecular complexity index is 1180. The van der Waals surface area contributed by atoms with Crippen LogP contribution in [0.4, 0.5) is 5.13 Å². The molecule has 4 rings (SSSR count). The second kappa shape index (κ2) is 7.35. The number of thioether (sulfide) groups is 1. The largest absolute Gasteiger partial charge is 0.301 e. The van der Waals surface area contributed by atoms with Gasteiger partial charge in [0, 0.05) is 5.39 Å². The number of para-hydroxylation sites is 1. The van der Waals surface area contributed by atoms with Gasteiger partial charge in [-0.15, -0.1) is 0 Å². The van der Waals surface area contributed by atoms with Crippen LogP contribution in [0.15, 0.2) is 53.6 Å². The topological polar surface area (TPSA) is 78.7 Å². The number of anilines is 1. The maximum Gasteiger partial charge on any atom is 0.236 e. The van der Waals surface area contributed by atoms with E-state index >= 15 is 0 Å². The number of fused-ring (bicyclic) bond motifs is 2. The maximum atomic E-state index is 12.3. The predicted molar refractivity (Wildman–Crippen MR) is 110 cm³/mol. The van der Waals surface area contributed by atoms with Crippen LogP contribution in [0.3, 0.4) is 0 Å². The number of nitrogens with one attached hydrogen (secondary N) is 1. The molecule has 0 atom stereocenters. The third-order valence-corrected chi connectivity index (χ3v) is 5.88. The number of carbonyl (C=O) groups is 1. The first-order valence-electron chi connectivity index (χ1n) is 8.22. The zero-order chi connectivity index (χ0) is 18.8. The lowest BCUT2D eigenvalue weighted by Gasteiger charge is -2.06. The second-order valence-corrected chi connectivity index (χ2v) is 7.97. The van der Waals surface area contributed by atoms with Gasteiger partial charge in [0.25, 0.3) is 0 Å². The highest BCUT2D eigenvalue weighted by Gasteiger charge is 2.12. The van der Waals surface area contributed by atoms with E-state index in [4.69, 9.17) is 0 Å². The summed E-state index contributed by atoms with van der Waals surface area (Å²) in [6.07, 6.45) is 0. The third-order valence-electron chi connectivity index (χ3n) is 3.94. The van der Waals surface area contributed by atoms with Crippen molar-refractivity contribution in [3.8, 4) is 6.07 Å². The molecule has 0 bridgehead atoms. The molecule has 2 heterocycles. The molecule has 0 radical (unpaired) electrons.